The van der Waals surface area contributed by atoms with Crippen LogP contribution < -0.4 is 11.1 Å². The summed E-state index contributed by atoms with van der Waals surface area (Å²) in [6, 6.07) is 13.9. The molecule has 4 rings (SSSR count). The fraction of sp³-hybridized carbons (Fsp3) is 0.269. The molecule has 33 heavy (non-hydrogen) atoms. The van der Waals surface area contributed by atoms with Crippen LogP contribution >= 0.6 is 11.3 Å². The summed E-state index contributed by atoms with van der Waals surface area (Å²) >= 11 is 1.53. The second-order valence-corrected chi connectivity index (χ2v) is 9.05. The van der Waals surface area contributed by atoms with Crippen LogP contribution in [0.5, 0.6) is 0 Å². The third-order valence-corrected chi connectivity index (χ3v) is 6.36. The molecule has 0 saturated carbocycles. The van der Waals surface area contributed by atoms with E-state index in [9.17, 15) is 5.11 Å². The van der Waals surface area contributed by atoms with E-state index in [1.807, 2.05) is 42.6 Å². The molecule has 3 heterocycles. The molecule has 3 aromatic heterocycles. The van der Waals surface area contributed by atoms with E-state index in [0.29, 0.717) is 18.8 Å². The van der Waals surface area contributed by atoms with Crippen LogP contribution in [0.1, 0.15) is 31.4 Å². The molecule has 6 nitrogen and oxygen atoms in total. The normalized spacial score (nSPS) is 13.7. The number of fused-ring (bicyclic) bond motifs is 1. The van der Waals surface area contributed by atoms with Gasteiger partial charge in [-0.05, 0) is 37.5 Å². The number of aromatic nitrogens is 3. The number of nitrogens with one attached hydrogen (secondary N) is 1. The number of anilines is 1. The van der Waals surface area contributed by atoms with Crippen molar-refractivity contribution in [1.29, 1.82) is 0 Å². The Morgan fingerprint density at radius 3 is 2.64 bits per heavy atom. The second-order valence-electron chi connectivity index (χ2n) is 8.17. The van der Waals surface area contributed by atoms with Gasteiger partial charge in [0.05, 0.1) is 10.3 Å². The molecule has 0 amide bonds. The highest BCUT2D eigenvalue weighted by molar-refractivity contribution is 7.18. The summed E-state index contributed by atoms with van der Waals surface area (Å²) < 4.78 is 0.917. The molecular formula is C26H27N5OS. The van der Waals surface area contributed by atoms with Gasteiger partial charge in [0.25, 0.3) is 0 Å². The SMILES string of the molecule is CCC(C)(O)C#Cc1csc2c(NC[C@@H](N)Cc3ccccc3)nc(-c3ccncc3)nc12. The first-order valence-corrected chi connectivity index (χ1v) is 11.8. The number of rotatable bonds is 7. The molecule has 0 aliphatic rings. The lowest BCUT2D eigenvalue weighted by Gasteiger charge is -2.14. The zero-order valence-corrected chi connectivity index (χ0v) is 19.6. The van der Waals surface area contributed by atoms with Crippen LogP contribution in [-0.2, 0) is 6.42 Å². The predicted octanol–water partition coefficient (Wildman–Crippen LogP) is 4.25. The van der Waals surface area contributed by atoms with E-state index < -0.39 is 5.60 Å². The molecule has 4 N–H and O–H groups in total. The van der Waals surface area contributed by atoms with Crippen LogP contribution in [0.15, 0.2) is 60.2 Å². The van der Waals surface area contributed by atoms with Crippen LogP contribution in [-0.4, -0.2) is 38.2 Å². The van der Waals surface area contributed by atoms with Crippen molar-refractivity contribution in [2.75, 3.05) is 11.9 Å². The summed E-state index contributed by atoms with van der Waals surface area (Å²) in [5.74, 6) is 7.40. The Morgan fingerprint density at radius 2 is 1.91 bits per heavy atom. The van der Waals surface area contributed by atoms with Crippen molar-refractivity contribution in [2.45, 2.75) is 38.3 Å². The average molecular weight is 458 g/mol. The Bertz CT molecular complexity index is 1280. The smallest absolute Gasteiger partial charge is 0.162 e. The minimum atomic E-state index is -1.04. The standard InChI is InChI=1S/C26H27N5OS/c1-3-26(2,32)12-9-20-17-33-23-22(20)30-24(19-10-13-28-14-11-19)31-25(23)29-16-21(27)15-18-7-5-4-6-8-18/h4-8,10-11,13-14,17,21,32H,3,15-16,27H2,1-2H3,(H,29,30,31)/t21-,26?/m0/s1. The highest BCUT2D eigenvalue weighted by Crippen LogP contribution is 2.32. The Balaban J connectivity index is 1.67. The monoisotopic (exact) mass is 457 g/mol. The maximum absolute atomic E-state index is 10.3. The van der Waals surface area contributed by atoms with Gasteiger partial charge in [0.1, 0.15) is 16.9 Å². The molecule has 2 atom stereocenters. The molecule has 7 heteroatoms. The van der Waals surface area contributed by atoms with E-state index >= 15 is 0 Å². The number of nitrogens with two attached hydrogens (primary N) is 1. The molecule has 0 aliphatic heterocycles. The molecule has 0 radical (unpaired) electrons. The van der Waals surface area contributed by atoms with Crippen LogP contribution in [0.3, 0.4) is 0 Å². The molecule has 0 spiro atoms. The number of hydrogen-bond donors (Lipinski definition) is 3. The Hall–Kier alpha value is -3.31. The summed E-state index contributed by atoms with van der Waals surface area (Å²) in [6.45, 7) is 4.19. The van der Waals surface area contributed by atoms with E-state index in [2.05, 4.69) is 34.3 Å². The van der Waals surface area contributed by atoms with E-state index in [1.165, 1.54) is 16.9 Å². The number of thiophene rings is 1. The molecule has 1 aromatic carbocycles. The van der Waals surface area contributed by atoms with E-state index in [4.69, 9.17) is 15.7 Å². The number of nitrogens with zero attached hydrogens (tertiary/aromatic N) is 3. The fourth-order valence-electron chi connectivity index (χ4n) is 3.26. The lowest BCUT2D eigenvalue weighted by atomic mass is 10.0. The summed E-state index contributed by atoms with van der Waals surface area (Å²) in [4.78, 5) is 13.7. The lowest BCUT2D eigenvalue weighted by Crippen LogP contribution is -2.31. The van der Waals surface area contributed by atoms with Gasteiger partial charge in [0, 0.05) is 35.9 Å². The van der Waals surface area contributed by atoms with Crippen molar-refractivity contribution in [3.8, 4) is 23.2 Å². The second kappa shape index (κ2) is 10.1. The van der Waals surface area contributed by atoms with Crippen molar-refractivity contribution < 1.29 is 5.11 Å². The van der Waals surface area contributed by atoms with E-state index in [0.717, 1.165) is 33.6 Å². The first kappa shape index (κ1) is 22.9. The summed E-state index contributed by atoms with van der Waals surface area (Å²) in [5.41, 5.74) is 8.97. The minimum Gasteiger partial charge on any atom is -0.378 e. The summed E-state index contributed by atoms with van der Waals surface area (Å²) in [7, 11) is 0. The molecule has 168 valence electrons. The Kier molecular flexibility index (Phi) is 6.99. The zero-order valence-electron chi connectivity index (χ0n) is 18.7. The third-order valence-electron chi connectivity index (χ3n) is 5.38. The molecule has 0 aliphatic carbocycles. The fourth-order valence-corrected chi connectivity index (χ4v) is 4.17. The Morgan fingerprint density at radius 1 is 1.15 bits per heavy atom. The van der Waals surface area contributed by atoms with Crippen LogP contribution in [0.25, 0.3) is 21.6 Å². The lowest BCUT2D eigenvalue weighted by molar-refractivity contribution is 0.118. The zero-order chi connectivity index (χ0) is 23.3. The average Bonchev–Trinajstić information content (AvgIpc) is 3.25. The predicted molar refractivity (Wildman–Crippen MR) is 135 cm³/mol. The minimum absolute atomic E-state index is 0.0688. The van der Waals surface area contributed by atoms with Gasteiger partial charge in [-0.3, -0.25) is 4.98 Å². The van der Waals surface area contributed by atoms with Crippen LogP contribution in [0.2, 0.25) is 0 Å². The van der Waals surface area contributed by atoms with Crippen molar-refractivity contribution in [3.05, 3.63) is 71.4 Å². The van der Waals surface area contributed by atoms with Gasteiger partial charge in [0.2, 0.25) is 0 Å². The third kappa shape index (κ3) is 5.74. The highest BCUT2D eigenvalue weighted by atomic mass is 32.1. The van der Waals surface area contributed by atoms with Gasteiger partial charge in [-0.2, -0.15) is 0 Å². The Labute approximate surface area is 197 Å². The first-order chi connectivity index (χ1) is 15.9. The van der Waals surface area contributed by atoms with Gasteiger partial charge in [-0.15, -0.1) is 11.3 Å². The van der Waals surface area contributed by atoms with Gasteiger partial charge >= 0.3 is 0 Å². The van der Waals surface area contributed by atoms with E-state index in [1.54, 1.807) is 19.3 Å². The summed E-state index contributed by atoms with van der Waals surface area (Å²) in [6.07, 6.45) is 4.76. The van der Waals surface area contributed by atoms with Crippen LogP contribution in [0.4, 0.5) is 5.82 Å². The molecule has 0 bridgehead atoms. The van der Waals surface area contributed by atoms with E-state index in [-0.39, 0.29) is 6.04 Å². The maximum Gasteiger partial charge on any atom is 0.162 e. The number of aliphatic hydroxyl groups is 1. The highest BCUT2D eigenvalue weighted by Gasteiger charge is 2.17. The largest absolute Gasteiger partial charge is 0.378 e. The van der Waals surface area contributed by atoms with Crippen molar-refractivity contribution in [3.63, 3.8) is 0 Å². The molecule has 4 aromatic rings. The maximum atomic E-state index is 10.3. The van der Waals surface area contributed by atoms with Gasteiger partial charge in [-0.25, -0.2) is 9.97 Å². The number of pyridine rings is 1. The number of hydrogen-bond acceptors (Lipinski definition) is 7. The van der Waals surface area contributed by atoms with Gasteiger partial charge in [0.15, 0.2) is 5.82 Å². The van der Waals surface area contributed by atoms with Gasteiger partial charge < -0.3 is 16.2 Å². The van der Waals surface area contributed by atoms with Crippen molar-refractivity contribution in [1.82, 2.24) is 15.0 Å². The molecular weight excluding hydrogens is 430 g/mol. The van der Waals surface area contributed by atoms with Crippen molar-refractivity contribution >= 4 is 27.4 Å². The topological polar surface area (TPSA) is 97.0 Å². The van der Waals surface area contributed by atoms with Crippen molar-refractivity contribution in [2.24, 2.45) is 5.73 Å². The molecule has 0 fully saturated rings. The van der Waals surface area contributed by atoms with Crippen LogP contribution in [0, 0.1) is 11.8 Å². The molecule has 0 saturated heterocycles. The molecule has 1 unspecified atom stereocenters. The quantitative estimate of drug-likeness (QED) is 0.359. The summed E-state index contributed by atoms with van der Waals surface area (Å²) in [5, 5.41) is 15.7. The van der Waals surface area contributed by atoms with Gasteiger partial charge in [-0.1, -0.05) is 49.1 Å². The first-order valence-electron chi connectivity index (χ1n) is 10.9. The number of benzene rings is 1.